The number of hydrogen-bond donors (Lipinski definition) is 1. The predicted molar refractivity (Wildman–Crippen MR) is 82.8 cm³/mol. The van der Waals surface area contributed by atoms with Gasteiger partial charge in [0.15, 0.2) is 0 Å². The molecule has 1 aliphatic heterocycles. The number of nitrogens with zero attached hydrogens (tertiary/aromatic N) is 2. The quantitative estimate of drug-likeness (QED) is 0.924. The maximum atomic E-state index is 3.48. The van der Waals surface area contributed by atoms with Crippen molar-refractivity contribution < 1.29 is 0 Å². The van der Waals surface area contributed by atoms with Crippen molar-refractivity contribution in [2.75, 3.05) is 26.2 Å². The van der Waals surface area contributed by atoms with Crippen LogP contribution in [0.25, 0.3) is 10.9 Å². The molecule has 2 aliphatic rings. The van der Waals surface area contributed by atoms with E-state index in [1.54, 1.807) is 5.56 Å². The summed E-state index contributed by atoms with van der Waals surface area (Å²) in [5.41, 5.74) is 2.91. The van der Waals surface area contributed by atoms with Crippen LogP contribution in [-0.2, 0) is 7.05 Å². The first-order chi connectivity index (χ1) is 9.84. The zero-order valence-electron chi connectivity index (χ0n) is 12.2. The number of nitrogens with one attached hydrogen (secondary N) is 1. The van der Waals surface area contributed by atoms with Gasteiger partial charge in [-0.1, -0.05) is 18.2 Å². The van der Waals surface area contributed by atoms with E-state index in [0.717, 1.165) is 19.0 Å². The van der Waals surface area contributed by atoms with Gasteiger partial charge in [0.2, 0.25) is 0 Å². The molecule has 0 amide bonds. The molecule has 2 heterocycles. The summed E-state index contributed by atoms with van der Waals surface area (Å²) in [6.07, 6.45) is 5.17. The van der Waals surface area contributed by atoms with E-state index in [1.165, 1.54) is 36.8 Å². The molecule has 2 fully saturated rings. The first-order valence-electron chi connectivity index (χ1n) is 7.83. The molecule has 0 radical (unpaired) electrons. The fourth-order valence-corrected chi connectivity index (χ4v) is 3.73. The third kappa shape index (κ3) is 2.05. The van der Waals surface area contributed by atoms with Crippen molar-refractivity contribution in [3.63, 3.8) is 0 Å². The standard InChI is InChI=1S/C17H23N3/c1-19-12-15(14-4-2-3-5-16(14)19)17(13-6-7-13)20-10-8-18-9-11-20/h2-5,12-13,17-18H,6-11H2,1H3/t17-/m1/s1. The van der Waals surface area contributed by atoms with E-state index in [9.17, 15) is 0 Å². The lowest BCUT2D eigenvalue weighted by atomic mass is 9.99. The van der Waals surface area contributed by atoms with E-state index in [-0.39, 0.29) is 0 Å². The van der Waals surface area contributed by atoms with Crippen molar-refractivity contribution in [3.8, 4) is 0 Å². The van der Waals surface area contributed by atoms with Gasteiger partial charge in [0.1, 0.15) is 0 Å². The number of aryl methyl sites for hydroxylation is 1. The highest BCUT2D eigenvalue weighted by Crippen LogP contribution is 2.46. The summed E-state index contributed by atoms with van der Waals surface area (Å²) in [5.74, 6) is 0.874. The van der Waals surface area contributed by atoms with E-state index in [4.69, 9.17) is 0 Å². The van der Waals surface area contributed by atoms with Gasteiger partial charge in [-0.2, -0.15) is 0 Å². The molecule has 2 aromatic rings. The number of hydrogen-bond acceptors (Lipinski definition) is 2. The van der Waals surface area contributed by atoms with Gasteiger partial charge in [-0.15, -0.1) is 0 Å². The molecule has 106 valence electrons. The van der Waals surface area contributed by atoms with Gasteiger partial charge in [0.05, 0.1) is 0 Å². The highest BCUT2D eigenvalue weighted by atomic mass is 15.2. The minimum absolute atomic E-state index is 0.628. The molecule has 1 aromatic carbocycles. The number of benzene rings is 1. The van der Waals surface area contributed by atoms with Crippen molar-refractivity contribution in [1.29, 1.82) is 0 Å². The smallest absolute Gasteiger partial charge is 0.0481 e. The molecular formula is C17H23N3. The van der Waals surface area contributed by atoms with Crippen molar-refractivity contribution in [3.05, 3.63) is 36.0 Å². The largest absolute Gasteiger partial charge is 0.350 e. The van der Waals surface area contributed by atoms with Gasteiger partial charge in [0.25, 0.3) is 0 Å². The molecule has 20 heavy (non-hydrogen) atoms. The van der Waals surface area contributed by atoms with Gasteiger partial charge in [-0.25, -0.2) is 0 Å². The average molecular weight is 269 g/mol. The summed E-state index contributed by atoms with van der Waals surface area (Å²) in [5, 5.41) is 4.93. The molecule has 4 rings (SSSR count). The second-order valence-electron chi connectivity index (χ2n) is 6.28. The number of aromatic nitrogens is 1. The highest BCUT2D eigenvalue weighted by molar-refractivity contribution is 5.84. The van der Waals surface area contributed by atoms with Crippen molar-refractivity contribution in [2.45, 2.75) is 18.9 Å². The molecule has 1 N–H and O–H groups in total. The lowest BCUT2D eigenvalue weighted by Gasteiger charge is -2.35. The van der Waals surface area contributed by atoms with Gasteiger partial charge in [0, 0.05) is 56.4 Å². The van der Waals surface area contributed by atoms with Crippen molar-refractivity contribution >= 4 is 10.9 Å². The minimum atomic E-state index is 0.628. The Labute approximate surface area is 120 Å². The van der Waals surface area contributed by atoms with Gasteiger partial charge < -0.3 is 9.88 Å². The first-order valence-corrected chi connectivity index (χ1v) is 7.83. The molecule has 1 aromatic heterocycles. The van der Waals surface area contributed by atoms with Gasteiger partial charge in [-0.05, 0) is 30.4 Å². The Balaban J connectivity index is 1.77. The second-order valence-corrected chi connectivity index (χ2v) is 6.28. The van der Waals surface area contributed by atoms with Crippen LogP contribution < -0.4 is 5.32 Å². The third-order valence-electron chi connectivity index (χ3n) is 4.86. The summed E-state index contributed by atoms with van der Waals surface area (Å²) >= 11 is 0. The number of fused-ring (bicyclic) bond motifs is 1. The molecule has 0 spiro atoms. The van der Waals surface area contributed by atoms with E-state index in [1.807, 2.05) is 0 Å². The summed E-state index contributed by atoms with van der Waals surface area (Å²) in [4.78, 5) is 2.70. The monoisotopic (exact) mass is 269 g/mol. The summed E-state index contributed by atoms with van der Waals surface area (Å²) in [6, 6.07) is 9.47. The number of piperazine rings is 1. The zero-order chi connectivity index (χ0) is 13.5. The van der Waals surface area contributed by atoms with Crippen LogP contribution in [0.1, 0.15) is 24.4 Å². The summed E-state index contributed by atoms with van der Waals surface area (Å²) in [6.45, 7) is 4.64. The summed E-state index contributed by atoms with van der Waals surface area (Å²) in [7, 11) is 2.17. The lowest BCUT2D eigenvalue weighted by molar-refractivity contribution is 0.157. The molecule has 3 heteroatoms. The van der Waals surface area contributed by atoms with E-state index < -0.39 is 0 Å². The average Bonchev–Trinajstić information content (AvgIpc) is 3.27. The van der Waals surface area contributed by atoms with E-state index >= 15 is 0 Å². The van der Waals surface area contributed by atoms with Crippen molar-refractivity contribution in [1.82, 2.24) is 14.8 Å². The fraction of sp³-hybridized carbons (Fsp3) is 0.529. The molecule has 1 saturated carbocycles. The Morgan fingerprint density at radius 3 is 2.65 bits per heavy atom. The molecular weight excluding hydrogens is 246 g/mol. The minimum Gasteiger partial charge on any atom is -0.350 e. The summed E-state index contributed by atoms with van der Waals surface area (Å²) < 4.78 is 2.29. The van der Waals surface area contributed by atoms with Crippen LogP contribution in [0.4, 0.5) is 0 Å². The van der Waals surface area contributed by atoms with E-state index in [2.05, 4.69) is 52.3 Å². The topological polar surface area (TPSA) is 20.2 Å². The molecule has 1 aliphatic carbocycles. The van der Waals surface area contributed by atoms with Crippen LogP contribution >= 0.6 is 0 Å². The normalized spacial score (nSPS) is 22.2. The fourth-order valence-electron chi connectivity index (χ4n) is 3.73. The first kappa shape index (κ1) is 12.4. The van der Waals surface area contributed by atoms with Crippen LogP contribution in [0.3, 0.4) is 0 Å². The Morgan fingerprint density at radius 2 is 1.90 bits per heavy atom. The van der Waals surface area contributed by atoms with Crippen LogP contribution in [0, 0.1) is 5.92 Å². The number of para-hydroxylation sites is 1. The molecule has 0 bridgehead atoms. The Bertz CT molecular complexity index is 606. The maximum absolute atomic E-state index is 3.48. The highest BCUT2D eigenvalue weighted by Gasteiger charge is 2.38. The molecule has 1 saturated heterocycles. The maximum Gasteiger partial charge on any atom is 0.0481 e. The van der Waals surface area contributed by atoms with Gasteiger partial charge in [-0.3, -0.25) is 4.90 Å². The second kappa shape index (κ2) is 4.90. The Morgan fingerprint density at radius 1 is 1.15 bits per heavy atom. The molecule has 1 atom stereocenters. The SMILES string of the molecule is Cn1cc([C@@H](C2CC2)N2CCNCC2)c2ccccc21. The molecule has 3 nitrogen and oxygen atoms in total. The van der Waals surface area contributed by atoms with Crippen molar-refractivity contribution in [2.24, 2.45) is 13.0 Å². The molecule has 0 unspecified atom stereocenters. The van der Waals surface area contributed by atoms with Crippen LogP contribution in [0.5, 0.6) is 0 Å². The van der Waals surface area contributed by atoms with Crippen LogP contribution in [0.15, 0.2) is 30.5 Å². The number of rotatable bonds is 3. The van der Waals surface area contributed by atoms with Crippen LogP contribution in [-0.4, -0.2) is 35.6 Å². The zero-order valence-corrected chi connectivity index (χ0v) is 12.2. The van der Waals surface area contributed by atoms with E-state index in [0.29, 0.717) is 6.04 Å². The van der Waals surface area contributed by atoms with Crippen LogP contribution in [0.2, 0.25) is 0 Å². The van der Waals surface area contributed by atoms with Gasteiger partial charge >= 0.3 is 0 Å². The Kier molecular flexibility index (Phi) is 3.04. The third-order valence-corrected chi connectivity index (χ3v) is 4.86. The lowest BCUT2D eigenvalue weighted by Crippen LogP contribution is -2.45. The predicted octanol–water partition coefficient (Wildman–Crippen LogP) is 2.53. The Hall–Kier alpha value is -1.32.